The first kappa shape index (κ1) is 29.3. The van der Waals surface area contributed by atoms with Crippen LogP contribution in [-0.4, -0.2) is 37.2 Å². The number of amides is 1. The number of fused-ring (bicyclic) bond motifs is 1. The van der Waals surface area contributed by atoms with Crippen LogP contribution in [0.3, 0.4) is 0 Å². The first-order chi connectivity index (χ1) is 18.3. The summed E-state index contributed by atoms with van der Waals surface area (Å²) < 4.78 is 29.1. The molecule has 39 heavy (non-hydrogen) atoms. The number of ketones is 1. The van der Waals surface area contributed by atoms with Crippen molar-refractivity contribution in [1.29, 1.82) is 0 Å². The number of Topliss-reactive ketones (excluding diaryl/α,β-unsaturated/α-hetero) is 1. The number of carbonyl (C=O) groups is 2. The van der Waals surface area contributed by atoms with Gasteiger partial charge >= 0.3 is 0 Å². The van der Waals surface area contributed by atoms with Gasteiger partial charge in [0, 0.05) is 36.6 Å². The highest BCUT2D eigenvalue weighted by molar-refractivity contribution is 7.92. The normalized spacial score (nSPS) is 15.5. The predicted octanol–water partition coefficient (Wildman–Crippen LogP) is 6.14. The molecule has 1 N–H and O–H groups in total. The fourth-order valence-corrected chi connectivity index (χ4v) is 7.54. The molecule has 0 saturated heterocycles. The molecular weight excluding hydrogens is 581 g/mol. The maximum absolute atomic E-state index is 13.9. The van der Waals surface area contributed by atoms with Gasteiger partial charge < -0.3 is 5.32 Å². The number of carbonyl (C=O) groups excluding carboxylic acids is 2. The van der Waals surface area contributed by atoms with E-state index in [0.29, 0.717) is 34.8 Å². The Kier molecular flexibility index (Phi) is 8.61. The zero-order valence-corrected chi connectivity index (χ0v) is 24.8. The van der Waals surface area contributed by atoms with Crippen LogP contribution in [0.1, 0.15) is 48.8 Å². The van der Waals surface area contributed by atoms with Crippen LogP contribution in [0.25, 0.3) is 0 Å². The Balaban J connectivity index is 1.73. The lowest BCUT2D eigenvalue weighted by Gasteiger charge is -2.38. The molecule has 1 aromatic heterocycles. The molecule has 2 heterocycles. The quantitative estimate of drug-likeness (QED) is 0.310. The number of aromatic nitrogens is 1. The second-order valence-corrected chi connectivity index (χ2v) is 13.5. The number of hydrogen-bond acceptors (Lipinski definition) is 5. The average Bonchev–Trinajstić information content (AvgIpc) is 2.82. The molecule has 4 rings (SSSR count). The number of halogens is 3. The number of hydrogen-bond donors (Lipinski definition) is 1. The SMILES string of the molecule is CC(=O)NC(C)(C)C[C@@H]1Cc2ncc(CC(=O)c3c(Cl)cccc3Cl)cc2N(S(=O)(=O)c2cccc(Cl)c2)C1. The predicted molar refractivity (Wildman–Crippen MR) is 154 cm³/mol. The molecule has 0 bridgehead atoms. The molecule has 0 radical (unpaired) electrons. The third-order valence-electron chi connectivity index (χ3n) is 6.48. The van der Waals surface area contributed by atoms with E-state index < -0.39 is 15.6 Å². The Bertz CT molecular complexity index is 1520. The zero-order valence-electron chi connectivity index (χ0n) is 21.7. The lowest BCUT2D eigenvalue weighted by molar-refractivity contribution is -0.120. The highest BCUT2D eigenvalue weighted by atomic mass is 35.5. The van der Waals surface area contributed by atoms with Crippen molar-refractivity contribution in [3.05, 3.63) is 86.6 Å². The van der Waals surface area contributed by atoms with Crippen molar-refractivity contribution >= 4 is 62.2 Å². The molecule has 206 valence electrons. The van der Waals surface area contributed by atoms with E-state index in [1.807, 2.05) is 13.8 Å². The van der Waals surface area contributed by atoms with Crippen molar-refractivity contribution in [2.45, 2.75) is 50.5 Å². The summed E-state index contributed by atoms with van der Waals surface area (Å²) in [5.41, 5.74) is 1.17. The fraction of sp³-hybridized carbons (Fsp3) is 0.321. The highest BCUT2D eigenvalue weighted by Gasteiger charge is 2.37. The van der Waals surface area contributed by atoms with E-state index in [-0.39, 0.29) is 51.1 Å². The summed E-state index contributed by atoms with van der Waals surface area (Å²) in [6.07, 6.45) is 2.55. The Morgan fingerprint density at radius 1 is 1.08 bits per heavy atom. The van der Waals surface area contributed by atoms with Gasteiger partial charge in [-0.15, -0.1) is 0 Å². The lowest BCUT2D eigenvalue weighted by atomic mass is 9.85. The number of benzene rings is 2. The number of anilines is 1. The summed E-state index contributed by atoms with van der Waals surface area (Å²) in [4.78, 5) is 29.4. The van der Waals surface area contributed by atoms with E-state index in [1.165, 1.54) is 23.4 Å². The Hall–Kier alpha value is -2.65. The number of nitrogens with zero attached hydrogens (tertiary/aromatic N) is 2. The summed E-state index contributed by atoms with van der Waals surface area (Å²) in [6, 6.07) is 12.6. The van der Waals surface area contributed by atoms with Crippen LogP contribution in [0, 0.1) is 5.92 Å². The van der Waals surface area contributed by atoms with Crippen molar-refractivity contribution in [2.24, 2.45) is 5.92 Å². The minimum atomic E-state index is -4.03. The second-order valence-electron chi connectivity index (χ2n) is 10.3. The zero-order chi connectivity index (χ0) is 28.5. The van der Waals surface area contributed by atoms with Crippen LogP contribution in [0.4, 0.5) is 5.69 Å². The minimum absolute atomic E-state index is 0.0482. The van der Waals surface area contributed by atoms with Crippen molar-refractivity contribution in [1.82, 2.24) is 10.3 Å². The molecule has 0 unspecified atom stereocenters. The summed E-state index contributed by atoms with van der Waals surface area (Å²) in [6.45, 7) is 5.43. The summed E-state index contributed by atoms with van der Waals surface area (Å²) >= 11 is 18.6. The molecule has 1 aliphatic rings. The number of nitrogens with one attached hydrogen (secondary N) is 1. The molecule has 3 aromatic rings. The minimum Gasteiger partial charge on any atom is -0.351 e. The molecule has 11 heteroatoms. The van der Waals surface area contributed by atoms with Gasteiger partial charge in [-0.05, 0) is 74.6 Å². The topological polar surface area (TPSA) is 96.4 Å². The molecule has 1 amide bonds. The number of sulfonamides is 1. The van der Waals surface area contributed by atoms with E-state index in [0.717, 1.165) is 0 Å². The molecular formula is C28H28Cl3N3O4S. The van der Waals surface area contributed by atoms with Crippen LogP contribution in [0.2, 0.25) is 15.1 Å². The Labute approximate surface area is 243 Å². The van der Waals surface area contributed by atoms with E-state index in [1.54, 1.807) is 42.6 Å². The van der Waals surface area contributed by atoms with Gasteiger partial charge in [0.2, 0.25) is 5.91 Å². The van der Waals surface area contributed by atoms with Gasteiger partial charge in [-0.25, -0.2) is 8.42 Å². The van der Waals surface area contributed by atoms with E-state index in [9.17, 15) is 18.0 Å². The number of rotatable bonds is 8. The molecule has 7 nitrogen and oxygen atoms in total. The van der Waals surface area contributed by atoms with Crippen molar-refractivity contribution in [3.8, 4) is 0 Å². The van der Waals surface area contributed by atoms with Crippen molar-refractivity contribution < 1.29 is 18.0 Å². The van der Waals surface area contributed by atoms with Gasteiger partial charge in [-0.2, -0.15) is 0 Å². The van der Waals surface area contributed by atoms with Gasteiger partial charge in [0.1, 0.15) is 0 Å². The molecule has 0 fully saturated rings. The van der Waals surface area contributed by atoms with Gasteiger partial charge in [-0.1, -0.05) is 46.9 Å². The first-order valence-electron chi connectivity index (χ1n) is 12.3. The smallest absolute Gasteiger partial charge is 0.264 e. The third kappa shape index (κ3) is 6.74. The van der Waals surface area contributed by atoms with Crippen LogP contribution >= 0.6 is 34.8 Å². The average molecular weight is 609 g/mol. The van der Waals surface area contributed by atoms with Crippen LogP contribution in [-0.2, 0) is 27.7 Å². The molecule has 0 saturated carbocycles. The first-order valence-corrected chi connectivity index (χ1v) is 14.9. The summed E-state index contributed by atoms with van der Waals surface area (Å²) in [7, 11) is -4.03. The highest BCUT2D eigenvalue weighted by Crippen LogP contribution is 2.37. The molecule has 2 aromatic carbocycles. The van der Waals surface area contributed by atoms with E-state index >= 15 is 0 Å². The third-order valence-corrected chi connectivity index (χ3v) is 9.12. The van der Waals surface area contributed by atoms with Crippen LogP contribution < -0.4 is 9.62 Å². The van der Waals surface area contributed by atoms with Crippen LogP contribution in [0.15, 0.2) is 59.6 Å². The monoisotopic (exact) mass is 607 g/mol. The van der Waals surface area contributed by atoms with E-state index in [2.05, 4.69) is 10.3 Å². The van der Waals surface area contributed by atoms with Gasteiger partial charge in [-0.3, -0.25) is 18.9 Å². The number of pyridine rings is 1. The molecule has 1 atom stereocenters. The second kappa shape index (κ2) is 11.5. The fourth-order valence-electron chi connectivity index (χ4n) is 5.07. The van der Waals surface area contributed by atoms with E-state index in [4.69, 9.17) is 34.8 Å². The van der Waals surface area contributed by atoms with Crippen LogP contribution in [0.5, 0.6) is 0 Å². The summed E-state index contributed by atoms with van der Waals surface area (Å²) in [5.74, 6) is -0.594. The maximum Gasteiger partial charge on any atom is 0.264 e. The van der Waals surface area contributed by atoms with Crippen molar-refractivity contribution in [3.63, 3.8) is 0 Å². The van der Waals surface area contributed by atoms with Crippen molar-refractivity contribution in [2.75, 3.05) is 10.8 Å². The maximum atomic E-state index is 13.9. The Morgan fingerprint density at radius 3 is 2.38 bits per heavy atom. The standard InChI is InChI=1S/C28H28Cl3N3O4S/c1-17(35)33-28(2,3)14-19-10-24-25(34(16-19)39(37,38)21-7-4-6-20(29)13-21)11-18(15-32-24)12-26(36)27-22(30)8-5-9-23(27)31/h4-9,11,13,15,19H,10,12,14,16H2,1-3H3,(H,33,35)/t19-/m0/s1. The molecule has 0 spiro atoms. The lowest BCUT2D eigenvalue weighted by Crippen LogP contribution is -2.47. The van der Waals surface area contributed by atoms with Gasteiger partial charge in [0.25, 0.3) is 10.0 Å². The van der Waals surface area contributed by atoms with Gasteiger partial charge in [0.15, 0.2) is 5.78 Å². The Morgan fingerprint density at radius 2 is 1.74 bits per heavy atom. The van der Waals surface area contributed by atoms with Gasteiger partial charge in [0.05, 0.1) is 31.9 Å². The molecule has 0 aliphatic carbocycles. The summed E-state index contributed by atoms with van der Waals surface area (Å²) in [5, 5.41) is 3.72. The molecule has 1 aliphatic heterocycles. The largest absolute Gasteiger partial charge is 0.351 e.